The molecule has 94 valence electrons. The van der Waals surface area contributed by atoms with Crippen LogP contribution in [-0.4, -0.2) is 41.0 Å². The SMILES string of the molecule is CC(NCCSc1ncccn1)C1CCCO1. The van der Waals surface area contributed by atoms with E-state index in [0.29, 0.717) is 12.1 Å². The maximum atomic E-state index is 5.64. The lowest BCUT2D eigenvalue weighted by Gasteiger charge is -2.19. The predicted octanol–water partition coefficient (Wildman–Crippen LogP) is 1.73. The van der Waals surface area contributed by atoms with Crippen LogP contribution in [0.1, 0.15) is 19.8 Å². The Morgan fingerprint density at radius 3 is 3.06 bits per heavy atom. The second kappa shape index (κ2) is 6.93. The lowest BCUT2D eigenvalue weighted by Crippen LogP contribution is -2.38. The maximum absolute atomic E-state index is 5.64. The van der Waals surface area contributed by atoms with Crippen LogP contribution in [0, 0.1) is 0 Å². The first-order chi connectivity index (χ1) is 8.36. The third-order valence-electron chi connectivity index (χ3n) is 2.86. The van der Waals surface area contributed by atoms with Crippen LogP contribution < -0.4 is 5.32 Å². The Bertz CT molecular complexity index is 317. The Kier molecular flexibility index (Phi) is 5.22. The van der Waals surface area contributed by atoms with Gasteiger partial charge >= 0.3 is 0 Å². The standard InChI is InChI=1S/C12H19N3OS/c1-10(11-4-2-8-16-11)13-7-9-17-12-14-5-3-6-15-12/h3,5-6,10-11,13H,2,4,7-9H2,1H3. The van der Waals surface area contributed by atoms with Crippen molar-refractivity contribution >= 4 is 11.8 Å². The van der Waals surface area contributed by atoms with E-state index in [9.17, 15) is 0 Å². The van der Waals surface area contributed by atoms with Crippen molar-refractivity contribution in [1.82, 2.24) is 15.3 Å². The van der Waals surface area contributed by atoms with Crippen LogP contribution in [0.2, 0.25) is 0 Å². The topological polar surface area (TPSA) is 47.0 Å². The van der Waals surface area contributed by atoms with Gasteiger partial charge in [0.15, 0.2) is 5.16 Å². The molecule has 2 heterocycles. The summed E-state index contributed by atoms with van der Waals surface area (Å²) in [5.41, 5.74) is 0. The van der Waals surface area contributed by atoms with Gasteiger partial charge in [0.1, 0.15) is 0 Å². The van der Waals surface area contributed by atoms with Gasteiger partial charge in [0.25, 0.3) is 0 Å². The molecule has 1 N–H and O–H groups in total. The van der Waals surface area contributed by atoms with E-state index in [0.717, 1.165) is 24.1 Å². The molecule has 4 nitrogen and oxygen atoms in total. The summed E-state index contributed by atoms with van der Waals surface area (Å²) in [5.74, 6) is 0.987. The molecule has 0 radical (unpaired) electrons. The van der Waals surface area contributed by atoms with Gasteiger partial charge in [-0.1, -0.05) is 11.8 Å². The third kappa shape index (κ3) is 4.26. The van der Waals surface area contributed by atoms with Crippen molar-refractivity contribution < 1.29 is 4.74 Å². The minimum absolute atomic E-state index is 0.396. The van der Waals surface area contributed by atoms with E-state index in [2.05, 4.69) is 22.2 Å². The van der Waals surface area contributed by atoms with Gasteiger partial charge in [-0.2, -0.15) is 0 Å². The number of ether oxygens (including phenoxy) is 1. The summed E-state index contributed by atoms with van der Waals surface area (Å²) < 4.78 is 5.64. The molecule has 2 unspecified atom stereocenters. The summed E-state index contributed by atoms with van der Waals surface area (Å²) in [6, 6.07) is 2.27. The molecular weight excluding hydrogens is 234 g/mol. The molecule has 2 atom stereocenters. The molecule has 1 aromatic heterocycles. The van der Waals surface area contributed by atoms with Crippen LogP contribution >= 0.6 is 11.8 Å². The molecule has 5 heteroatoms. The summed E-state index contributed by atoms with van der Waals surface area (Å²) in [5, 5.41) is 4.34. The van der Waals surface area contributed by atoms with E-state index in [4.69, 9.17) is 4.74 Å². The number of nitrogens with one attached hydrogen (secondary N) is 1. The lowest BCUT2D eigenvalue weighted by molar-refractivity contribution is 0.0844. The first kappa shape index (κ1) is 12.8. The van der Waals surface area contributed by atoms with Crippen molar-refractivity contribution in [2.75, 3.05) is 18.9 Å². The van der Waals surface area contributed by atoms with Crippen LogP contribution in [0.25, 0.3) is 0 Å². The molecule has 1 aromatic rings. The first-order valence-corrected chi connectivity index (χ1v) is 7.09. The molecule has 17 heavy (non-hydrogen) atoms. The second-order valence-corrected chi connectivity index (χ2v) is 5.24. The van der Waals surface area contributed by atoms with Gasteiger partial charge < -0.3 is 10.1 Å². The summed E-state index contributed by atoms with van der Waals surface area (Å²) >= 11 is 1.68. The van der Waals surface area contributed by atoms with Crippen LogP contribution in [0.4, 0.5) is 0 Å². The summed E-state index contributed by atoms with van der Waals surface area (Å²) in [7, 11) is 0. The van der Waals surface area contributed by atoms with Gasteiger partial charge in [0, 0.05) is 37.3 Å². The zero-order chi connectivity index (χ0) is 11.9. The van der Waals surface area contributed by atoms with Crippen molar-refractivity contribution in [3.63, 3.8) is 0 Å². The molecule has 0 bridgehead atoms. The van der Waals surface area contributed by atoms with Crippen molar-refractivity contribution in [3.8, 4) is 0 Å². The van der Waals surface area contributed by atoms with E-state index < -0.39 is 0 Å². The number of hydrogen-bond donors (Lipinski definition) is 1. The highest BCUT2D eigenvalue weighted by Crippen LogP contribution is 2.15. The molecule has 1 aliphatic heterocycles. The number of nitrogens with zero attached hydrogens (tertiary/aromatic N) is 2. The zero-order valence-corrected chi connectivity index (χ0v) is 10.9. The molecule has 1 saturated heterocycles. The highest BCUT2D eigenvalue weighted by atomic mass is 32.2. The minimum atomic E-state index is 0.396. The first-order valence-electron chi connectivity index (χ1n) is 6.11. The quantitative estimate of drug-likeness (QED) is 0.475. The van der Waals surface area contributed by atoms with Crippen LogP contribution in [0.15, 0.2) is 23.6 Å². The fraction of sp³-hybridized carbons (Fsp3) is 0.667. The molecule has 2 rings (SSSR count). The fourth-order valence-corrected chi connectivity index (χ4v) is 2.59. The Hall–Kier alpha value is -0.650. The Morgan fingerprint density at radius 1 is 1.53 bits per heavy atom. The third-order valence-corrected chi connectivity index (χ3v) is 3.74. The Morgan fingerprint density at radius 2 is 2.35 bits per heavy atom. The summed E-state index contributed by atoms with van der Waals surface area (Å²) in [6.07, 6.45) is 6.33. The van der Waals surface area contributed by atoms with Crippen molar-refractivity contribution in [1.29, 1.82) is 0 Å². The predicted molar refractivity (Wildman–Crippen MR) is 69.2 cm³/mol. The number of hydrogen-bond acceptors (Lipinski definition) is 5. The smallest absolute Gasteiger partial charge is 0.187 e. The van der Waals surface area contributed by atoms with Gasteiger partial charge in [-0.15, -0.1) is 0 Å². The normalized spacial score (nSPS) is 21.6. The van der Waals surface area contributed by atoms with E-state index >= 15 is 0 Å². The number of rotatable bonds is 6. The van der Waals surface area contributed by atoms with Gasteiger partial charge in [0.2, 0.25) is 0 Å². The molecular formula is C12H19N3OS. The number of aromatic nitrogens is 2. The molecule has 1 aliphatic rings. The van der Waals surface area contributed by atoms with Crippen LogP contribution in [-0.2, 0) is 4.74 Å². The largest absolute Gasteiger partial charge is 0.377 e. The second-order valence-electron chi connectivity index (χ2n) is 4.17. The van der Waals surface area contributed by atoms with E-state index in [-0.39, 0.29) is 0 Å². The van der Waals surface area contributed by atoms with Crippen LogP contribution in [0.3, 0.4) is 0 Å². The maximum Gasteiger partial charge on any atom is 0.187 e. The van der Waals surface area contributed by atoms with Crippen molar-refractivity contribution in [2.24, 2.45) is 0 Å². The minimum Gasteiger partial charge on any atom is -0.377 e. The average Bonchev–Trinajstić information content (AvgIpc) is 2.89. The zero-order valence-electron chi connectivity index (χ0n) is 10.1. The summed E-state index contributed by atoms with van der Waals surface area (Å²) in [4.78, 5) is 8.34. The average molecular weight is 253 g/mol. The molecule has 0 saturated carbocycles. The van der Waals surface area contributed by atoms with Gasteiger partial charge in [-0.3, -0.25) is 0 Å². The van der Waals surface area contributed by atoms with E-state index in [1.54, 1.807) is 24.2 Å². The highest BCUT2D eigenvalue weighted by Gasteiger charge is 2.21. The molecule has 0 aliphatic carbocycles. The van der Waals surface area contributed by atoms with Gasteiger partial charge in [-0.05, 0) is 25.8 Å². The fourth-order valence-electron chi connectivity index (χ4n) is 1.92. The monoisotopic (exact) mass is 253 g/mol. The lowest BCUT2D eigenvalue weighted by atomic mass is 10.1. The highest BCUT2D eigenvalue weighted by molar-refractivity contribution is 7.99. The summed E-state index contributed by atoms with van der Waals surface area (Å²) in [6.45, 7) is 4.08. The van der Waals surface area contributed by atoms with Crippen molar-refractivity contribution in [3.05, 3.63) is 18.5 Å². The Labute approximate surface area is 107 Å². The van der Waals surface area contributed by atoms with E-state index in [1.807, 2.05) is 6.07 Å². The number of thioether (sulfide) groups is 1. The van der Waals surface area contributed by atoms with Gasteiger partial charge in [0.05, 0.1) is 6.10 Å². The molecule has 0 amide bonds. The molecule has 1 fully saturated rings. The van der Waals surface area contributed by atoms with Gasteiger partial charge in [-0.25, -0.2) is 9.97 Å². The molecule has 0 spiro atoms. The van der Waals surface area contributed by atoms with E-state index in [1.165, 1.54) is 12.8 Å². The Balaban J connectivity index is 1.59. The van der Waals surface area contributed by atoms with Crippen LogP contribution in [0.5, 0.6) is 0 Å². The molecule has 0 aromatic carbocycles. The van der Waals surface area contributed by atoms with Crippen molar-refractivity contribution in [2.45, 2.75) is 37.1 Å².